The van der Waals surface area contributed by atoms with E-state index < -0.39 is 23.9 Å². The van der Waals surface area contributed by atoms with Gasteiger partial charge in [0.05, 0.1) is 48.3 Å². The van der Waals surface area contributed by atoms with Crippen molar-refractivity contribution in [2.45, 2.75) is 76.5 Å². The van der Waals surface area contributed by atoms with E-state index in [4.69, 9.17) is 26.1 Å². The molecule has 6 rings (SSSR count). The number of nitrogens with one attached hydrogen (secondary N) is 4. The average molecular weight is 754 g/mol. The smallest absolute Gasteiger partial charge is 0.419 e. The minimum atomic E-state index is -4.68. The first-order valence-electron chi connectivity index (χ1n) is 17.6. The summed E-state index contributed by atoms with van der Waals surface area (Å²) in [5, 5.41) is 22.3. The van der Waals surface area contributed by atoms with Crippen molar-refractivity contribution in [3.05, 3.63) is 81.5 Å². The maximum atomic E-state index is 14.4. The van der Waals surface area contributed by atoms with Crippen molar-refractivity contribution >= 4 is 23.3 Å². The molecule has 1 fully saturated rings. The van der Waals surface area contributed by atoms with Gasteiger partial charge in [-0.1, -0.05) is 35.9 Å². The highest BCUT2D eigenvalue weighted by atomic mass is 35.5. The van der Waals surface area contributed by atoms with Crippen LogP contribution >= 0.6 is 11.6 Å². The van der Waals surface area contributed by atoms with Crippen LogP contribution in [0.1, 0.15) is 66.5 Å². The molecule has 1 aliphatic heterocycles. The molecule has 282 valence electrons. The lowest BCUT2D eigenvalue weighted by Crippen LogP contribution is -2.35. The van der Waals surface area contributed by atoms with Crippen LogP contribution in [-0.2, 0) is 30.5 Å². The number of hydrogen-bond donors (Lipinski definition) is 5. The second-order valence-corrected chi connectivity index (χ2v) is 13.7. The predicted octanol–water partition coefficient (Wildman–Crippen LogP) is 6.22. The summed E-state index contributed by atoms with van der Waals surface area (Å²) in [4.78, 5) is 25.2. The van der Waals surface area contributed by atoms with Gasteiger partial charge in [-0.3, -0.25) is 9.78 Å². The Morgan fingerprint density at radius 2 is 1.77 bits per heavy atom. The molecule has 1 saturated heterocycles. The zero-order valence-electron chi connectivity index (χ0n) is 29.7. The minimum Gasteiger partial charge on any atom is -0.481 e. The number of aliphatic hydroxyl groups excluding tert-OH is 1. The van der Waals surface area contributed by atoms with Crippen LogP contribution in [0.2, 0.25) is 5.02 Å². The van der Waals surface area contributed by atoms with Crippen LogP contribution in [0.5, 0.6) is 11.8 Å². The summed E-state index contributed by atoms with van der Waals surface area (Å²) in [6.45, 7) is 2.96. The largest absolute Gasteiger partial charge is 0.481 e. The number of pyridine rings is 3. The molecule has 0 spiro atoms. The number of methoxy groups -OCH3 is 2. The molecule has 1 aliphatic carbocycles. The van der Waals surface area contributed by atoms with Gasteiger partial charge in [-0.25, -0.2) is 4.98 Å². The molecule has 11 nitrogen and oxygen atoms in total. The molecular formula is C38H43ClF3N7O4. The maximum Gasteiger partial charge on any atom is 0.419 e. The van der Waals surface area contributed by atoms with E-state index in [0.29, 0.717) is 66.6 Å². The minimum absolute atomic E-state index is 0.0406. The Bertz CT molecular complexity index is 1940. The first kappa shape index (κ1) is 38.2. The Kier molecular flexibility index (Phi) is 12.0. The quantitative estimate of drug-likeness (QED) is 0.101. The molecule has 15 heteroatoms. The van der Waals surface area contributed by atoms with Crippen molar-refractivity contribution in [3.8, 4) is 34.3 Å². The van der Waals surface area contributed by atoms with Gasteiger partial charge >= 0.3 is 6.18 Å². The van der Waals surface area contributed by atoms with Gasteiger partial charge in [-0.2, -0.15) is 18.2 Å². The van der Waals surface area contributed by atoms with Crippen molar-refractivity contribution in [3.63, 3.8) is 0 Å². The molecule has 2 aliphatic rings. The Morgan fingerprint density at radius 3 is 2.49 bits per heavy atom. The predicted molar refractivity (Wildman–Crippen MR) is 196 cm³/mol. The van der Waals surface area contributed by atoms with Gasteiger partial charge in [0, 0.05) is 67.1 Å². The number of nitrogens with zero attached hydrogens (tertiary/aromatic N) is 3. The molecule has 4 heterocycles. The third kappa shape index (κ3) is 8.84. The summed E-state index contributed by atoms with van der Waals surface area (Å²) >= 11 is 7.09. The van der Waals surface area contributed by atoms with Crippen LogP contribution in [0.25, 0.3) is 22.5 Å². The van der Waals surface area contributed by atoms with E-state index in [2.05, 4.69) is 31.2 Å². The van der Waals surface area contributed by atoms with Crippen LogP contribution in [0.4, 0.5) is 19.0 Å². The van der Waals surface area contributed by atoms with E-state index >= 15 is 0 Å². The van der Waals surface area contributed by atoms with Crippen molar-refractivity contribution < 1.29 is 32.5 Å². The van der Waals surface area contributed by atoms with Gasteiger partial charge in [-0.05, 0) is 61.9 Å². The van der Waals surface area contributed by atoms with Crippen molar-refractivity contribution in [2.24, 2.45) is 0 Å². The second kappa shape index (κ2) is 16.7. The molecule has 4 aromatic rings. The van der Waals surface area contributed by atoms with E-state index in [0.717, 1.165) is 34.7 Å². The Balaban J connectivity index is 1.27. The monoisotopic (exact) mass is 753 g/mol. The standard InChI is InChI=1S/C38H43ClF3N7O4/c1-21(50)17-43-19-23-16-29(38(40,41)42)35(49-37(23)53-3)47-30-9-5-6-25-26(30)7-4-8-27(25)34-33(39)28(14-15-45-34)31-12-10-22(36(48-31)52-2)18-44-20-24-11-13-32(51)46-24/h4,7-8,10,12,14-16,21,24,30,43-44,50H,5-6,9,11,13,17-20H2,1-3H3,(H,46,51)(H,47,49)/t21?,24-,30-/m0/s1. The molecule has 1 unspecified atom stereocenters. The fraction of sp³-hybridized carbons (Fsp3) is 0.421. The first-order valence-corrected chi connectivity index (χ1v) is 18.0. The highest BCUT2D eigenvalue weighted by molar-refractivity contribution is 6.35. The highest BCUT2D eigenvalue weighted by Gasteiger charge is 2.37. The van der Waals surface area contributed by atoms with E-state index in [9.17, 15) is 23.1 Å². The lowest BCUT2D eigenvalue weighted by molar-refractivity contribution is -0.137. The fourth-order valence-electron chi connectivity index (χ4n) is 6.94. The number of benzene rings is 1. The van der Waals surface area contributed by atoms with E-state index in [1.165, 1.54) is 7.11 Å². The van der Waals surface area contributed by atoms with Gasteiger partial charge in [-0.15, -0.1) is 0 Å². The summed E-state index contributed by atoms with van der Waals surface area (Å²) in [5.74, 6) is 0.252. The second-order valence-electron chi connectivity index (χ2n) is 13.3. The first-order chi connectivity index (χ1) is 25.5. The number of halogens is 4. The van der Waals surface area contributed by atoms with E-state index in [-0.39, 0.29) is 42.3 Å². The van der Waals surface area contributed by atoms with Crippen LogP contribution < -0.4 is 30.7 Å². The van der Waals surface area contributed by atoms with Crippen LogP contribution in [0.3, 0.4) is 0 Å². The number of hydrogen-bond acceptors (Lipinski definition) is 10. The third-order valence-electron chi connectivity index (χ3n) is 9.48. The molecule has 3 aromatic heterocycles. The van der Waals surface area contributed by atoms with Crippen LogP contribution in [0.15, 0.2) is 48.7 Å². The number of carbonyl (C=O) groups excluding carboxylic acids is 1. The molecule has 3 atom stereocenters. The maximum absolute atomic E-state index is 14.4. The van der Waals surface area contributed by atoms with Gasteiger partial charge in [0.1, 0.15) is 5.82 Å². The normalized spacial score (nSPS) is 17.6. The molecule has 0 bridgehead atoms. The zero-order chi connectivity index (χ0) is 37.7. The summed E-state index contributed by atoms with van der Waals surface area (Å²) in [7, 11) is 2.92. The molecular weight excluding hydrogens is 711 g/mol. The van der Waals surface area contributed by atoms with Crippen molar-refractivity contribution in [1.29, 1.82) is 0 Å². The summed E-state index contributed by atoms with van der Waals surface area (Å²) in [6, 6.07) is 11.9. The Morgan fingerprint density at radius 1 is 1.00 bits per heavy atom. The molecule has 0 saturated carbocycles. The summed E-state index contributed by atoms with van der Waals surface area (Å²) < 4.78 is 54.3. The van der Waals surface area contributed by atoms with Crippen molar-refractivity contribution in [1.82, 2.24) is 30.9 Å². The number of aromatic nitrogens is 3. The van der Waals surface area contributed by atoms with Crippen LogP contribution in [-0.4, -0.2) is 65.4 Å². The summed E-state index contributed by atoms with van der Waals surface area (Å²) in [6.07, 6.45) is -0.373. The van der Waals surface area contributed by atoms with Gasteiger partial charge in [0.2, 0.25) is 17.7 Å². The topological polar surface area (TPSA) is 143 Å². The number of alkyl halides is 3. The number of ether oxygens (including phenoxy) is 2. The Labute approximate surface area is 311 Å². The number of anilines is 1. The average Bonchev–Trinajstić information content (AvgIpc) is 3.56. The molecule has 1 amide bonds. The van der Waals surface area contributed by atoms with Crippen molar-refractivity contribution in [2.75, 3.05) is 32.6 Å². The van der Waals surface area contributed by atoms with E-state index in [1.54, 1.807) is 26.3 Å². The molecule has 5 N–H and O–H groups in total. The zero-order valence-corrected chi connectivity index (χ0v) is 30.5. The molecule has 0 radical (unpaired) electrons. The lowest BCUT2D eigenvalue weighted by Gasteiger charge is -2.30. The number of fused-ring (bicyclic) bond motifs is 1. The SMILES string of the molecule is COc1nc(-c2ccnc(-c3cccc4c3CCC[C@@H]4Nc3nc(OC)c(CNCC(C)O)cc3C(F)(F)F)c2Cl)ccc1CNC[C@@H]1CCC(=O)N1. The number of rotatable bonds is 14. The van der Waals surface area contributed by atoms with Gasteiger partial charge in [0.15, 0.2) is 0 Å². The number of carbonyl (C=O) groups is 1. The third-order valence-corrected chi connectivity index (χ3v) is 9.86. The fourth-order valence-corrected chi connectivity index (χ4v) is 7.25. The van der Waals surface area contributed by atoms with E-state index in [1.807, 2.05) is 30.3 Å². The van der Waals surface area contributed by atoms with Gasteiger partial charge < -0.3 is 35.8 Å². The van der Waals surface area contributed by atoms with Crippen LogP contribution in [0, 0.1) is 0 Å². The Hall–Kier alpha value is -4.50. The molecule has 1 aromatic carbocycles. The number of aliphatic hydroxyl groups is 1. The van der Waals surface area contributed by atoms with Gasteiger partial charge in [0.25, 0.3) is 0 Å². The number of amides is 1. The lowest BCUT2D eigenvalue weighted by atomic mass is 9.83. The molecule has 53 heavy (non-hydrogen) atoms. The summed E-state index contributed by atoms with van der Waals surface area (Å²) in [5.41, 5.74) is 4.52. The highest BCUT2D eigenvalue weighted by Crippen LogP contribution is 2.43.